The highest BCUT2D eigenvalue weighted by Gasteiger charge is 2.39. The van der Waals surface area contributed by atoms with Crippen LogP contribution in [-0.2, 0) is 9.53 Å². The van der Waals surface area contributed by atoms with Gasteiger partial charge in [-0.25, -0.2) is 0 Å². The van der Waals surface area contributed by atoms with Crippen LogP contribution in [0, 0.1) is 0 Å². The summed E-state index contributed by atoms with van der Waals surface area (Å²) in [6, 6.07) is 5.00. The molecule has 0 aliphatic carbocycles. The quantitative estimate of drug-likeness (QED) is 0.851. The highest BCUT2D eigenvalue weighted by molar-refractivity contribution is 6.42. The molecule has 3 atom stereocenters. The average Bonchev–Trinajstić information content (AvgIpc) is 3.11. The maximum absolute atomic E-state index is 13.0. The Balaban J connectivity index is 1.91. The maximum Gasteiger partial charge on any atom is 0.240 e. The highest BCUT2D eigenvalue weighted by atomic mass is 35.5. The molecule has 5 nitrogen and oxygen atoms in total. The second-order valence-electron chi connectivity index (χ2n) is 6.22. The summed E-state index contributed by atoms with van der Waals surface area (Å²) in [5.74, 6) is 0.0924. The zero-order valence-corrected chi connectivity index (χ0v) is 14.9. The van der Waals surface area contributed by atoms with Crippen molar-refractivity contribution >= 4 is 29.1 Å². The number of ether oxygens (including phenoxy) is 1. The Kier molecular flexibility index (Phi) is 6.00. The summed E-state index contributed by atoms with van der Waals surface area (Å²) in [7, 11) is 0. The predicted octanol–water partition coefficient (Wildman–Crippen LogP) is 2.40. The Morgan fingerprint density at radius 1 is 1.38 bits per heavy atom. The normalized spacial score (nSPS) is 27.5. The van der Waals surface area contributed by atoms with Crippen LogP contribution in [0.2, 0.25) is 10.0 Å². The van der Waals surface area contributed by atoms with Gasteiger partial charge in [-0.05, 0) is 43.5 Å². The number of aliphatic hydroxyl groups excluding tert-OH is 1. The lowest BCUT2D eigenvalue weighted by Crippen LogP contribution is -2.53. The summed E-state index contributed by atoms with van der Waals surface area (Å²) in [5, 5.41) is 13.6. The topological polar surface area (TPSA) is 61.8 Å². The Bertz CT molecular complexity index is 591. The van der Waals surface area contributed by atoms with Gasteiger partial charge in [0.2, 0.25) is 5.91 Å². The summed E-state index contributed by atoms with van der Waals surface area (Å²) >= 11 is 12.2. The van der Waals surface area contributed by atoms with E-state index in [1.165, 1.54) is 0 Å². The number of morpholine rings is 1. The van der Waals surface area contributed by atoms with E-state index in [4.69, 9.17) is 27.9 Å². The maximum atomic E-state index is 13.0. The van der Waals surface area contributed by atoms with Crippen molar-refractivity contribution in [3.8, 4) is 0 Å². The molecule has 2 fully saturated rings. The van der Waals surface area contributed by atoms with Crippen LogP contribution >= 0.6 is 23.2 Å². The zero-order valence-electron chi connectivity index (χ0n) is 13.4. The summed E-state index contributed by atoms with van der Waals surface area (Å²) < 4.78 is 5.85. The molecule has 1 aromatic carbocycles. The number of benzene rings is 1. The van der Waals surface area contributed by atoms with Crippen molar-refractivity contribution in [1.82, 2.24) is 10.2 Å². The molecule has 2 saturated heterocycles. The number of carbonyl (C=O) groups is 1. The third kappa shape index (κ3) is 3.70. The average molecular weight is 373 g/mol. The largest absolute Gasteiger partial charge is 0.396 e. The van der Waals surface area contributed by atoms with Gasteiger partial charge in [0.15, 0.2) is 0 Å². The number of nitrogens with zero attached hydrogens (tertiary/aromatic N) is 1. The lowest BCUT2D eigenvalue weighted by molar-refractivity contribution is -0.150. The minimum absolute atomic E-state index is 0.00615. The summed E-state index contributed by atoms with van der Waals surface area (Å²) in [6.07, 6.45) is 2.08. The van der Waals surface area contributed by atoms with E-state index in [0.29, 0.717) is 29.6 Å². The Morgan fingerprint density at radius 2 is 2.21 bits per heavy atom. The smallest absolute Gasteiger partial charge is 0.240 e. The van der Waals surface area contributed by atoms with E-state index in [1.54, 1.807) is 12.1 Å². The fourth-order valence-corrected chi connectivity index (χ4v) is 3.84. The van der Waals surface area contributed by atoms with Crippen LogP contribution in [-0.4, -0.2) is 54.4 Å². The minimum atomic E-state index is -0.268. The van der Waals surface area contributed by atoms with Gasteiger partial charge in [-0.1, -0.05) is 29.3 Å². The van der Waals surface area contributed by atoms with Crippen LogP contribution in [0.4, 0.5) is 0 Å². The molecule has 0 spiro atoms. The molecule has 1 unspecified atom stereocenters. The lowest BCUT2D eigenvalue weighted by Gasteiger charge is -2.42. The van der Waals surface area contributed by atoms with E-state index in [0.717, 1.165) is 24.9 Å². The number of halogens is 2. The van der Waals surface area contributed by atoms with Gasteiger partial charge < -0.3 is 20.1 Å². The molecule has 132 valence electrons. The van der Waals surface area contributed by atoms with Crippen LogP contribution < -0.4 is 5.32 Å². The third-order valence-corrected chi connectivity index (χ3v) is 5.43. The molecule has 2 aliphatic heterocycles. The number of rotatable bonds is 4. The third-order valence-electron chi connectivity index (χ3n) is 4.69. The number of amides is 1. The Hall–Kier alpha value is -0.850. The van der Waals surface area contributed by atoms with Crippen LogP contribution in [0.25, 0.3) is 0 Å². The van der Waals surface area contributed by atoms with E-state index >= 15 is 0 Å². The summed E-state index contributed by atoms with van der Waals surface area (Å²) in [4.78, 5) is 14.8. The molecule has 2 heterocycles. The zero-order chi connectivity index (χ0) is 17.1. The Labute approximate surface area is 151 Å². The fourth-order valence-electron chi connectivity index (χ4n) is 3.54. The first-order valence-corrected chi connectivity index (χ1v) is 9.08. The van der Waals surface area contributed by atoms with E-state index in [9.17, 15) is 9.90 Å². The molecular weight excluding hydrogens is 351 g/mol. The van der Waals surface area contributed by atoms with E-state index in [1.807, 2.05) is 11.0 Å². The molecule has 0 radical (unpaired) electrons. The second-order valence-corrected chi connectivity index (χ2v) is 7.03. The minimum Gasteiger partial charge on any atom is -0.396 e. The van der Waals surface area contributed by atoms with Gasteiger partial charge in [-0.15, -0.1) is 0 Å². The molecule has 7 heteroatoms. The van der Waals surface area contributed by atoms with Gasteiger partial charge >= 0.3 is 0 Å². The van der Waals surface area contributed by atoms with Crippen LogP contribution in [0.15, 0.2) is 18.2 Å². The van der Waals surface area contributed by atoms with Gasteiger partial charge in [0.1, 0.15) is 0 Å². The van der Waals surface area contributed by atoms with Gasteiger partial charge in [0, 0.05) is 13.2 Å². The molecule has 24 heavy (non-hydrogen) atoms. The molecule has 1 amide bonds. The molecular formula is C17H22Cl2N2O3. The standard InChI is InChI=1S/C17H22Cl2N2O3/c18-12-4-3-11(10-13(12)19)16-15(5-8-22)24-9-7-21(16)17(23)14-2-1-6-20-14/h3-4,10,14-16,20,22H,1-2,5-9H2/t14-,15+,16?/m0/s1. The van der Waals surface area contributed by atoms with Crippen molar-refractivity contribution in [2.45, 2.75) is 37.5 Å². The second kappa shape index (κ2) is 8.02. The SMILES string of the molecule is O=C([C@@H]1CCCN1)N1CCO[C@H](CCO)C1c1ccc(Cl)c(Cl)c1. The fraction of sp³-hybridized carbons (Fsp3) is 0.588. The van der Waals surface area contributed by atoms with Crippen LogP contribution in [0.1, 0.15) is 30.9 Å². The van der Waals surface area contributed by atoms with Gasteiger partial charge in [-0.2, -0.15) is 0 Å². The first kappa shape index (κ1) is 18.0. The number of hydrogen-bond acceptors (Lipinski definition) is 4. The number of aliphatic hydroxyl groups is 1. The first-order chi connectivity index (χ1) is 11.6. The summed E-state index contributed by atoms with van der Waals surface area (Å²) in [5.41, 5.74) is 0.883. The monoisotopic (exact) mass is 372 g/mol. The van der Waals surface area contributed by atoms with E-state index in [2.05, 4.69) is 5.32 Å². The molecule has 1 aromatic rings. The lowest BCUT2D eigenvalue weighted by atomic mass is 9.95. The Morgan fingerprint density at radius 3 is 2.88 bits per heavy atom. The van der Waals surface area contributed by atoms with Gasteiger partial charge in [-0.3, -0.25) is 4.79 Å². The van der Waals surface area contributed by atoms with Crippen molar-refractivity contribution < 1.29 is 14.6 Å². The van der Waals surface area contributed by atoms with Crippen molar-refractivity contribution in [1.29, 1.82) is 0 Å². The molecule has 3 rings (SSSR count). The number of carbonyl (C=O) groups excluding carboxylic acids is 1. The highest BCUT2D eigenvalue weighted by Crippen LogP contribution is 2.35. The molecule has 0 aromatic heterocycles. The van der Waals surface area contributed by atoms with Gasteiger partial charge in [0.05, 0.1) is 34.8 Å². The van der Waals surface area contributed by atoms with Crippen LogP contribution in [0.5, 0.6) is 0 Å². The predicted molar refractivity (Wildman–Crippen MR) is 93.4 cm³/mol. The van der Waals surface area contributed by atoms with Crippen molar-refractivity contribution in [3.05, 3.63) is 33.8 Å². The first-order valence-electron chi connectivity index (χ1n) is 8.33. The van der Waals surface area contributed by atoms with E-state index < -0.39 is 0 Å². The van der Waals surface area contributed by atoms with Crippen LogP contribution in [0.3, 0.4) is 0 Å². The van der Waals surface area contributed by atoms with E-state index in [-0.39, 0.29) is 30.7 Å². The number of hydrogen-bond donors (Lipinski definition) is 2. The summed E-state index contributed by atoms with van der Waals surface area (Å²) in [6.45, 7) is 1.88. The molecule has 0 bridgehead atoms. The van der Waals surface area contributed by atoms with Crippen molar-refractivity contribution in [2.24, 2.45) is 0 Å². The molecule has 2 N–H and O–H groups in total. The van der Waals surface area contributed by atoms with Gasteiger partial charge in [0.25, 0.3) is 0 Å². The van der Waals surface area contributed by atoms with Crippen molar-refractivity contribution in [3.63, 3.8) is 0 Å². The van der Waals surface area contributed by atoms with Crippen molar-refractivity contribution in [2.75, 3.05) is 26.3 Å². The number of nitrogens with one attached hydrogen (secondary N) is 1. The molecule has 2 aliphatic rings. The molecule has 0 saturated carbocycles.